The number of H-pyrrole nitrogens is 1. The Morgan fingerprint density at radius 2 is 2.04 bits per heavy atom. The second-order valence-corrected chi connectivity index (χ2v) is 7.35. The van der Waals surface area contributed by atoms with E-state index in [4.69, 9.17) is 0 Å². The molecule has 1 saturated heterocycles. The quantitative estimate of drug-likeness (QED) is 0.870. The number of nitrogens with one attached hydrogen (secondary N) is 1. The number of aromatic amines is 1. The number of hydrogen-bond acceptors (Lipinski definition) is 3. The Labute approximate surface area is 158 Å². The molecule has 7 heteroatoms. The summed E-state index contributed by atoms with van der Waals surface area (Å²) in [5, 5.41) is 7.08. The Bertz CT molecular complexity index is 799. The molecule has 1 aromatic carbocycles. The van der Waals surface area contributed by atoms with Gasteiger partial charge in [-0.2, -0.15) is 5.10 Å². The third kappa shape index (κ3) is 4.35. The molecule has 0 saturated carbocycles. The van der Waals surface area contributed by atoms with Crippen molar-refractivity contribution in [1.82, 2.24) is 20.0 Å². The molecule has 1 amide bonds. The van der Waals surface area contributed by atoms with Gasteiger partial charge in [0.1, 0.15) is 0 Å². The number of aromatic nitrogens is 2. The lowest BCUT2D eigenvalue weighted by atomic mass is 9.90. The van der Waals surface area contributed by atoms with Gasteiger partial charge in [0, 0.05) is 12.7 Å². The molecule has 0 aliphatic carbocycles. The van der Waals surface area contributed by atoms with Crippen LogP contribution in [0.15, 0.2) is 24.4 Å². The fourth-order valence-corrected chi connectivity index (χ4v) is 3.69. The van der Waals surface area contributed by atoms with Crippen LogP contribution in [0.3, 0.4) is 0 Å². The van der Waals surface area contributed by atoms with Crippen molar-refractivity contribution in [2.45, 2.75) is 38.6 Å². The Hall–Kier alpha value is -2.28. The van der Waals surface area contributed by atoms with Gasteiger partial charge in [0.2, 0.25) is 5.91 Å². The first kappa shape index (κ1) is 19.5. The lowest BCUT2D eigenvalue weighted by Gasteiger charge is -2.33. The topological polar surface area (TPSA) is 52.2 Å². The summed E-state index contributed by atoms with van der Waals surface area (Å²) < 4.78 is 26.6. The fraction of sp³-hybridized carbons (Fsp3) is 0.500. The number of likely N-dealkylation sites (tertiary alicyclic amines) is 1. The molecule has 1 aliphatic heterocycles. The Morgan fingerprint density at radius 3 is 2.63 bits per heavy atom. The predicted molar refractivity (Wildman–Crippen MR) is 99.3 cm³/mol. The van der Waals surface area contributed by atoms with Gasteiger partial charge in [-0.05, 0) is 69.0 Å². The number of nitrogens with zero attached hydrogens (tertiary/aromatic N) is 3. The Morgan fingerprint density at radius 1 is 1.33 bits per heavy atom. The number of carbonyl (C=O) groups is 1. The minimum atomic E-state index is -0.892. The zero-order valence-corrected chi connectivity index (χ0v) is 16.0. The summed E-state index contributed by atoms with van der Waals surface area (Å²) in [5.41, 5.74) is 2.97. The summed E-state index contributed by atoms with van der Waals surface area (Å²) in [7, 11) is 1.70. The van der Waals surface area contributed by atoms with Crippen LogP contribution in [0.25, 0.3) is 0 Å². The first-order valence-electron chi connectivity index (χ1n) is 9.29. The Kier molecular flexibility index (Phi) is 5.89. The highest BCUT2D eigenvalue weighted by molar-refractivity contribution is 5.78. The van der Waals surface area contributed by atoms with Gasteiger partial charge in [-0.3, -0.25) is 14.8 Å². The number of piperidine rings is 1. The van der Waals surface area contributed by atoms with Crippen LogP contribution in [0.5, 0.6) is 0 Å². The SMILES string of the molecule is Cc1[nH]ncc1C1CCN(CC(=O)N(C)C(C)c2ccc(F)c(F)c2)CC1. The molecule has 1 aromatic heterocycles. The molecule has 0 spiro atoms. The molecule has 146 valence electrons. The molecule has 27 heavy (non-hydrogen) atoms. The number of carbonyl (C=O) groups excluding carboxylic acids is 1. The van der Waals surface area contributed by atoms with Crippen LogP contribution < -0.4 is 0 Å². The van der Waals surface area contributed by atoms with Crippen molar-refractivity contribution in [3.8, 4) is 0 Å². The van der Waals surface area contributed by atoms with E-state index in [9.17, 15) is 13.6 Å². The van der Waals surface area contributed by atoms with Crippen molar-refractivity contribution < 1.29 is 13.6 Å². The summed E-state index contributed by atoms with van der Waals surface area (Å²) >= 11 is 0. The monoisotopic (exact) mass is 376 g/mol. The maximum Gasteiger partial charge on any atom is 0.236 e. The summed E-state index contributed by atoms with van der Waals surface area (Å²) in [6.45, 7) is 5.90. The maximum atomic E-state index is 13.5. The lowest BCUT2D eigenvalue weighted by molar-refractivity contribution is -0.133. The van der Waals surface area contributed by atoms with E-state index in [2.05, 4.69) is 15.1 Å². The average molecular weight is 376 g/mol. The van der Waals surface area contributed by atoms with Crippen LogP contribution in [-0.2, 0) is 4.79 Å². The number of hydrogen-bond donors (Lipinski definition) is 1. The maximum absolute atomic E-state index is 13.5. The highest BCUT2D eigenvalue weighted by atomic mass is 19.2. The van der Waals surface area contributed by atoms with Crippen LogP contribution >= 0.6 is 0 Å². The normalized spacial score (nSPS) is 17.1. The smallest absolute Gasteiger partial charge is 0.236 e. The van der Waals surface area contributed by atoms with E-state index in [0.717, 1.165) is 43.8 Å². The number of rotatable bonds is 5. The lowest BCUT2D eigenvalue weighted by Crippen LogP contribution is -2.42. The van der Waals surface area contributed by atoms with Crippen molar-refractivity contribution in [2.24, 2.45) is 0 Å². The molecule has 2 aromatic rings. The van der Waals surface area contributed by atoms with E-state index >= 15 is 0 Å². The largest absolute Gasteiger partial charge is 0.338 e. The average Bonchev–Trinajstić information content (AvgIpc) is 3.09. The standard InChI is InChI=1S/C20H26F2N4O/c1-13-17(11-23-24-13)15-6-8-26(9-7-15)12-20(27)25(3)14(2)16-4-5-18(21)19(22)10-16/h4-5,10-11,14-15H,6-9,12H2,1-3H3,(H,23,24). The Balaban J connectivity index is 1.54. The third-order valence-electron chi connectivity index (χ3n) is 5.66. The zero-order chi connectivity index (χ0) is 19.6. The molecule has 1 aliphatic rings. The molecule has 1 unspecified atom stereocenters. The highest BCUT2D eigenvalue weighted by Crippen LogP contribution is 2.29. The summed E-state index contributed by atoms with van der Waals surface area (Å²) in [5.74, 6) is -1.31. The number of aryl methyl sites for hydroxylation is 1. The number of halogens is 2. The molecule has 1 N–H and O–H groups in total. The van der Waals surface area contributed by atoms with Crippen molar-refractivity contribution in [1.29, 1.82) is 0 Å². The number of benzene rings is 1. The van der Waals surface area contributed by atoms with Gasteiger partial charge in [-0.15, -0.1) is 0 Å². The second-order valence-electron chi connectivity index (χ2n) is 7.35. The molecule has 1 fully saturated rings. The van der Waals surface area contributed by atoms with Crippen LogP contribution in [0.4, 0.5) is 8.78 Å². The molecule has 0 radical (unpaired) electrons. The second kappa shape index (κ2) is 8.17. The molecule has 2 heterocycles. The first-order chi connectivity index (χ1) is 12.9. The molecular formula is C20H26F2N4O. The van der Waals surface area contributed by atoms with Gasteiger partial charge in [-0.25, -0.2) is 8.78 Å². The van der Waals surface area contributed by atoms with Crippen molar-refractivity contribution in [3.63, 3.8) is 0 Å². The van der Waals surface area contributed by atoms with E-state index in [-0.39, 0.29) is 11.9 Å². The summed E-state index contributed by atoms with van der Waals surface area (Å²) in [6, 6.07) is 3.45. The van der Waals surface area contributed by atoms with Gasteiger partial charge in [0.05, 0.1) is 18.8 Å². The van der Waals surface area contributed by atoms with E-state index in [1.54, 1.807) is 11.9 Å². The van der Waals surface area contributed by atoms with Gasteiger partial charge < -0.3 is 4.90 Å². The fourth-order valence-electron chi connectivity index (χ4n) is 3.69. The van der Waals surface area contributed by atoms with Crippen LogP contribution in [0.1, 0.15) is 48.5 Å². The minimum Gasteiger partial charge on any atom is -0.338 e. The van der Waals surface area contributed by atoms with Crippen LogP contribution in [0.2, 0.25) is 0 Å². The van der Waals surface area contributed by atoms with Crippen LogP contribution in [-0.4, -0.2) is 52.6 Å². The molecule has 5 nitrogen and oxygen atoms in total. The van der Waals surface area contributed by atoms with Gasteiger partial charge in [-0.1, -0.05) is 6.07 Å². The van der Waals surface area contributed by atoms with E-state index in [0.29, 0.717) is 18.0 Å². The molecule has 0 bridgehead atoms. The number of amides is 1. The summed E-state index contributed by atoms with van der Waals surface area (Å²) in [4.78, 5) is 16.4. The highest BCUT2D eigenvalue weighted by Gasteiger charge is 2.26. The third-order valence-corrected chi connectivity index (χ3v) is 5.66. The van der Waals surface area contributed by atoms with Crippen molar-refractivity contribution in [2.75, 3.05) is 26.7 Å². The van der Waals surface area contributed by atoms with Crippen molar-refractivity contribution >= 4 is 5.91 Å². The van der Waals surface area contributed by atoms with Gasteiger partial charge in [0.15, 0.2) is 11.6 Å². The molecular weight excluding hydrogens is 350 g/mol. The van der Waals surface area contributed by atoms with Gasteiger partial charge >= 0.3 is 0 Å². The minimum absolute atomic E-state index is 0.0230. The van der Waals surface area contributed by atoms with Crippen LogP contribution in [0, 0.1) is 18.6 Å². The number of likely N-dealkylation sites (N-methyl/N-ethyl adjacent to an activating group) is 1. The van der Waals surface area contributed by atoms with E-state index < -0.39 is 11.6 Å². The van der Waals surface area contributed by atoms with Crippen molar-refractivity contribution in [3.05, 3.63) is 52.9 Å². The first-order valence-corrected chi connectivity index (χ1v) is 9.29. The summed E-state index contributed by atoms with van der Waals surface area (Å²) in [6.07, 6.45) is 3.89. The zero-order valence-electron chi connectivity index (χ0n) is 16.0. The molecule has 3 rings (SSSR count). The van der Waals surface area contributed by atoms with Gasteiger partial charge in [0.25, 0.3) is 0 Å². The predicted octanol–water partition coefficient (Wildman–Crippen LogP) is 3.40. The van der Waals surface area contributed by atoms with E-state index in [1.165, 1.54) is 11.6 Å². The molecule has 1 atom stereocenters. The van der Waals surface area contributed by atoms with E-state index in [1.807, 2.05) is 20.0 Å².